The molecule has 1 heteroatoms. The van der Waals surface area contributed by atoms with Gasteiger partial charge in [-0.05, 0) is 51.7 Å². The minimum Gasteiger partial charge on any atom is -0.467 e. The maximum Gasteiger partial charge on any atom is 0.0965 e. The molecule has 0 saturated carbocycles. The molecule has 0 amide bonds. The summed E-state index contributed by atoms with van der Waals surface area (Å²) in [4.78, 5) is 0. The van der Waals surface area contributed by atoms with Crippen LogP contribution in [0.1, 0.15) is 66.2 Å². The van der Waals surface area contributed by atoms with Gasteiger partial charge < -0.3 is 4.74 Å². The Morgan fingerprint density at radius 1 is 0.867 bits per heavy atom. The molecule has 0 aliphatic rings. The van der Waals surface area contributed by atoms with Gasteiger partial charge >= 0.3 is 0 Å². The van der Waals surface area contributed by atoms with Crippen molar-refractivity contribution in [3.63, 3.8) is 0 Å². The van der Waals surface area contributed by atoms with E-state index in [2.05, 4.69) is 26.0 Å². The van der Waals surface area contributed by atoms with Gasteiger partial charge in [-0.15, -0.1) is 0 Å². The van der Waals surface area contributed by atoms with E-state index >= 15 is 0 Å². The average molecular weight is 210 g/mol. The molecule has 0 fully saturated rings. The van der Waals surface area contributed by atoms with E-state index < -0.39 is 0 Å². The van der Waals surface area contributed by atoms with Crippen LogP contribution in [0.25, 0.3) is 0 Å². The van der Waals surface area contributed by atoms with Crippen molar-refractivity contribution in [1.82, 2.24) is 0 Å². The number of allylic oxidation sites excluding steroid dienone is 4. The molecular formula is C14H26O. The lowest BCUT2D eigenvalue weighted by atomic mass is 10.2. The van der Waals surface area contributed by atoms with Crippen LogP contribution in [-0.4, -0.2) is 0 Å². The van der Waals surface area contributed by atoms with Gasteiger partial charge in [0.1, 0.15) is 0 Å². The fourth-order valence-electron chi connectivity index (χ4n) is 1.36. The number of hydrogen-bond acceptors (Lipinski definition) is 1. The van der Waals surface area contributed by atoms with Gasteiger partial charge in [0.25, 0.3) is 0 Å². The summed E-state index contributed by atoms with van der Waals surface area (Å²) in [5, 5.41) is 0. The Hall–Kier alpha value is -0.720. The maximum atomic E-state index is 5.67. The first kappa shape index (κ1) is 14.3. The Morgan fingerprint density at radius 3 is 1.60 bits per heavy atom. The molecule has 0 aliphatic heterocycles. The van der Waals surface area contributed by atoms with Crippen LogP contribution < -0.4 is 0 Å². The minimum absolute atomic E-state index is 1.04. The highest BCUT2D eigenvalue weighted by Gasteiger charge is 1.92. The van der Waals surface area contributed by atoms with Crippen molar-refractivity contribution in [1.29, 1.82) is 0 Å². The molecule has 0 spiro atoms. The van der Waals surface area contributed by atoms with Crippen molar-refractivity contribution < 1.29 is 4.74 Å². The molecule has 0 rings (SSSR count). The summed E-state index contributed by atoms with van der Waals surface area (Å²) in [6.45, 7) is 8.49. The Kier molecular flexibility index (Phi) is 9.35. The third-order valence-electron chi connectivity index (χ3n) is 2.30. The van der Waals surface area contributed by atoms with Crippen molar-refractivity contribution >= 4 is 0 Å². The molecule has 88 valence electrons. The fourth-order valence-corrected chi connectivity index (χ4v) is 1.36. The molecule has 15 heavy (non-hydrogen) atoms. The third kappa shape index (κ3) is 9.58. The summed E-state index contributed by atoms with van der Waals surface area (Å²) in [7, 11) is 0. The lowest BCUT2D eigenvalue weighted by Gasteiger charge is -2.06. The van der Waals surface area contributed by atoms with Crippen LogP contribution in [0.5, 0.6) is 0 Å². The predicted molar refractivity (Wildman–Crippen MR) is 67.6 cm³/mol. The Labute approximate surface area is 95.2 Å². The number of hydrogen-bond donors (Lipinski definition) is 0. The van der Waals surface area contributed by atoms with E-state index in [-0.39, 0.29) is 0 Å². The molecule has 0 unspecified atom stereocenters. The van der Waals surface area contributed by atoms with Gasteiger partial charge in [-0.2, -0.15) is 0 Å². The summed E-state index contributed by atoms with van der Waals surface area (Å²) < 4.78 is 5.67. The van der Waals surface area contributed by atoms with E-state index in [0.717, 1.165) is 24.4 Å². The van der Waals surface area contributed by atoms with Crippen LogP contribution in [0, 0.1) is 0 Å². The molecule has 0 aromatic heterocycles. The molecule has 0 saturated heterocycles. The van der Waals surface area contributed by atoms with E-state index in [1.54, 1.807) is 0 Å². The maximum absolute atomic E-state index is 5.67. The van der Waals surface area contributed by atoms with E-state index in [9.17, 15) is 0 Å². The minimum atomic E-state index is 1.04. The fraction of sp³-hybridized carbons (Fsp3) is 0.714. The number of ether oxygens (including phenoxy) is 1. The van der Waals surface area contributed by atoms with Crippen LogP contribution in [0.2, 0.25) is 0 Å². The smallest absolute Gasteiger partial charge is 0.0965 e. The van der Waals surface area contributed by atoms with Crippen molar-refractivity contribution in [2.75, 3.05) is 0 Å². The second-order valence-corrected chi connectivity index (χ2v) is 4.02. The van der Waals surface area contributed by atoms with E-state index in [0.29, 0.717) is 0 Å². The van der Waals surface area contributed by atoms with Crippen LogP contribution in [0.15, 0.2) is 23.7 Å². The van der Waals surface area contributed by atoms with E-state index in [1.165, 1.54) is 25.7 Å². The Morgan fingerprint density at radius 2 is 1.27 bits per heavy atom. The third-order valence-corrected chi connectivity index (χ3v) is 2.30. The SMILES string of the molecule is CCCC/C=C(/C)O/C(C)=C\CCCC. The molecule has 0 atom stereocenters. The first-order chi connectivity index (χ1) is 7.20. The number of rotatable bonds is 8. The molecule has 0 N–H and O–H groups in total. The predicted octanol–water partition coefficient (Wildman–Crippen LogP) is 5.19. The summed E-state index contributed by atoms with van der Waals surface area (Å²) in [5.41, 5.74) is 0. The standard InChI is InChI=1S/C14H26O/c1-5-7-9-11-13(3)15-14(4)12-10-8-6-2/h11-12H,5-10H2,1-4H3/b13-11-,14-12-. The van der Waals surface area contributed by atoms with Crippen molar-refractivity contribution in [2.45, 2.75) is 66.2 Å². The van der Waals surface area contributed by atoms with Gasteiger partial charge in [0, 0.05) is 0 Å². The monoisotopic (exact) mass is 210 g/mol. The Bertz CT molecular complexity index is 179. The number of unbranched alkanes of at least 4 members (excludes halogenated alkanes) is 4. The lowest BCUT2D eigenvalue weighted by molar-refractivity contribution is 0.305. The second-order valence-electron chi connectivity index (χ2n) is 4.02. The van der Waals surface area contributed by atoms with Crippen LogP contribution in [0.4, 0.5) is 0 Å². The summed E-state index contributed by atoms with van der Waals surface area (Å²) in [6.07, 6.45) is 11.6. The Balaban J connectivity index is 3.78. The van der Waals surface area contributed by atoms with Gasteiger partial charge in [0.05, 0.1) is 11.5 Å². The van der Waals surface area contributed by atoms with Gasteiger partial charge in [-0.25, -0.2) is 0 Å². The van der Waals surface area contributed by atoms with Gasteiger partial charge in [0.15, 0.2) is 0 Å². The molecule has 0 aromatic carbocycles. The van der Waals surface area contributed by atoms with Crippen LogP contribution in [0.3, 0.4) is 0 Å². The molecule has 0 heterocycles. The normalized spacial score (nSPS) is 13.1. The summed E-state index contributed by atoms with van der Waals surface area (Å²) >= 11 is 0. The van der Waals surface area contributed by atoms with E-state index in [1.807, 2.05) is 13.8 Å². The first-order valence-corrected chi connectivity index (χ1v) is 6.22. The largest absolute Gasteiger partial charge is 0.467 e. The van der Waals surface area contributed by atoms with Gasteiger partial charge in [-0.1, -0.05) is 26.7 Å². The highest BCUT2D eigenvalue weighted by atomic mass is 16.5. The lowest BCUT2D eigenvalue weighted by Crippen LogP contribution is -1.86. The highest BCUT2D eigenvalue weighted by Crippen LogP contribution is 2.09. The summed E-state index contributed by atoms with van der Waals surface area (Å²) in [6, 6.07) is 0. The van der Waals surface area contributed by atoms with Crippen LogP contribution in [-0.2, 0) is 4.74 Å². The first-order valence-electron chi connectivity index (χ1n) is 6.22. The van der Waals surface area contributed by atoms with E-state index in [4.69, 9.17) is 4.74 Å². The highest BCUT2D eigenvalue weighted by molar-refractivity contribution is 4.97. The molecule has 0 radical (unpaired) electrons. The molecule has 1 nitrogen and oxygen atoms in total. The quantitative estimate of drug-likeness (QED) is 0.395. The van der Waals surface area contributed by atoms with Crippen molar-refractivity contribution in [2.24, 2.45) is 0 Å². The van der Waals surface area contributed by atoms with Gasteiger partial charge in [-0.3, -0.25) is 0 Å². The van der Waals surface area contributed by atoms with Crippen molar-refractivity contribution in [3.8, 4) is 0 Å². The van der Waals surface area contributed by atoms with Crippen molar-refractivity contribution in [3.05, 3.63) is 23.7 Å². The second kappa shape index (κ2) is 9.82. The topological polar surface area (TPSA) is 9.23 Å². The molecule has 0 aliphatic carbocycles. The molecular weight excluding hydrogens is 184 g/mol. The zero-order valence-electron chi connectivity index (χ0n) is 10.8. The zero-order chi connectivity index (χ0) is 11.5. The van der Waals surface area contributed by atoms with Gasteiger partial charge in [0.2, 0.25) is 0 Å². The van der Waals surface area contributed by atoms with Crippen LogP contribution >= 0.6 is 0 Å². The average Bonchev–Trinajstić information content (AvgIpc) is 2.18. The zero-order valence-corrected chi connectivity index (χ0v) is 10.8. The molecule has 0 aromatic rings. The molecule has 0 bridgehead atoms. The summed E-state index contributed by atoms with van der Waals surface area (Å²) in [5.74, 6) is 2.07.